The van der Waals surface area contributed by atoms with E-state index in [-0.39, 0.29) is 11.9 Å². The molecule has 0 aliphatic rings. The van der Waals surface area contributed by atoms with Crippen LogP contribution in [-0.4, -0.2) is 44.0 Å². The Hall–Kier alpha value is -0.610. The number of hydrogen-bond acceptors (Lipinski definition) is 3. The molecule has 0 aliphatic carbocycles. The van der Waals surface area contributed by atoms with E-state index in [1.807, 2.05) is 25.9 Å². The molecule has 0 spiro atoms. The minimum absolute atomic E-state index is 0.0562. The van der Waals surface area contributed by atoms with Gasteiger partial charge in [0.1, 0.15) is 0 Å². The summed E-state index contributed by atoms with van der Waals surface area (Å²) in [5.41, 5.74) is 5.51. The van der Waals surface area contributed by atoms with Gasteiger partial charge in [0.25, 0.3) is 0 Å². The summed E-state index contributed by atoms with van der Waals surface area (Å²) in [5, 5.41) is 2.76. The third-order valence-corrected chi connectivity index (χ3v) is 1.63. The van der Waals surface area contributed by atoms with Crippen molar-refractivity contribution in [1.82, 2.24) is 10.2 Å². The van der Waals surface area contributed by atoms with Gasteiger partial charge in [0.05, 0.1) is 6.04 Å². The second kappa shape index (κ2) is 5.97. The number of amides is 1. The number of carbonyl (C=O) groups is 1. The van der Waals surface area contributed by atoms with Crippen molar-refractivity contribution in [3.8, 4) is 0 Å². The quantitative estimate of drug-likeness (QED) is 0.584. The van der Waals surface area contributed by atoms with Crippen LogP contribution in [0.4, 0.5) is 0 Å². The fourth-order valence-electron chi connectivity index (χ4n) is 0.719. The Morgan fingerprint density at radius 2 is 2.17 bits per heavy atom. The Balaban J connectivity index is 3.44. The van der Waals surface area contributed by atoms with Crippen molar-refractivity contribution in [2.24, 2.45) is 5.73 Å². The van der Waals surface area contributed by atoms with E-state index < -0.39 is 0 Å². The van der Waals surface area contributed by atoms with Gasteiger partial charge in [-0.15, -0.1) is 0 Å². The Morgan fingerprint density at radius 3 is 2.58 bits per heavy atom. The van der Waals surface area contributed by atoms with Gasteiger partial charge < -0.3 is 16.0 Å². The minimum atomic E-state index is -0.354. The number of nitrogens with two attached hydrogens (primary N) is 1. The first-order chi connectivity index (χ1) is 5.57. The maximum Gasteiger partial charge on any atom is 0.236 e. The van der Waals surface area contributed by atoms with Crippen LogP contribution < -0.4 is 11.1 Å². The van der Waals surface area contributed by atoms with Gasteiger partial charge in [-0.1, -0.05) is 6.92 Å². The molecular weight excluding hydrogens is 154 g/mol. The number of nitrogens with zero attached hydrogens (tertiary/aromatic N) is 1. The van der Waals surface area contributed by atoms with Gasteiger partial charge >= 0.3 is 0 Å². The average molecular weight is 173 g/mol. The summed E-state index contributed by atoms with van der Waals surface area (Å²) < 4.78 is 0. The van der Waals surface area contributed by atoms with E-state index in [0.717, 1.165) is 6.54 Å². The molecule has 0 radical (unpaired) electrons. The predicted molar refractivity (Wildman–Crippen MR) is 49.8 cm³/mol. The van der Waals surface area contributed by atoms with Gasteiger partial charge in [-0.2, -0.15) is 0 Å². The summed E-state index contributed by atoms with van der Waals surface area (Å²) in [5.74, 6) is -0.0562. The van der Waals surface area contributed by atoms with Crippen LogP contribution in [0.2, 0.25) is 0 Å². The highest BCUT2D eigenvalue weighted by Gasteiger charge is 2.08. The van der Waals surface area contributed by atoms with Crippen molar-refractivity contribution >= 4 is 5.91 Å². The Morgan fingerprint density at radius 1 is 1.58 bits per heavy atom. The number of nitrogens with one attached hydrogen (secondary N) is 1. The van der Waals surface area contributed by atoms with Crippen molar-refractivity contribution in [3.05, 3.63) is 0 Å². The van der Waals surface area contributed by atoms with Crippen LogP contribution in [0.5, 0.6) is 0 Å². The number of hydrogen-bond donors (Lipinski definition) is 2. The van der Waals surface area contributed by atoms with E-state index in [2.05, 4.69) is 5.32 Å². The highest BCUT2D eigenvalue weighted by atomic mass is 16.2. The molecule has 0 heterocycles. The van der Waals surface area contributed by atoms with Gasteiger partial charge in [0, 0.05) is 13.1 Å². The third-order valence-electron chi connectivity index (χ3n) is 1.63. The monoisotopic (exact) mass is 173 g/mol. The molecule has 4 heteroatoms. The number of likely N-dealkylation sites (N-methyl/N-ethyl adjacent to an activating group) is 1. The summed E-state index contributed by atoms with van der Waals surface area (Å²) in [4.78, 5) is 13.1. The predicted octanol–water partition coefficient (Wildman–Crippen LogP) is -0.598. The topological polar surface area (TPSA) is 58.4 Å². The lowest BCUT2D eigenvalue weighted by molar-refractivity contribution is -0.122. The first-order valence-electron chi connectivity index (χ1n) is 4.26. The lowest BCUT2D eigenvalue weighted by Gasteiger charge is -2.12. The van der Waals surface area contributed by atoms with Crippen LogP contribution in [0.3, 0.4) is 0 Å². The van der Waals surface area contributed by atoms with E-state index in [9.17, 15) is 4.79 Å². The van der Waals surface area contributed by atoms with Crippen LogP contribution in [0, 0.1) is 0 Å². The number of rotatable bonds is 5. The first-order valence-corrected chi connectivity index (χ1v) is 4.26. The van der Waals surface area contributed by atoms with Crippen molar-refractivity contribution in [2.45, 2.75) is 19.4 Å². The van der Waals surface area contributed by atoms with Gasteiger partial charge in [-0.05, 0) is 20.5 Å². The fraction of sp³-hybridized carbons (Fsp3) is 0.875. The first kappa shape index (κ1) is 11.4. The fourth-order valence-corrected chi connectivity index (χ4v) is 0.719. The molecule has 0 saturated heterocycles. The van der Waals surface area contributed by atoms with Gasteiger partial charge in [-0.25, -0.2) is 0 Å². The Bertz CT molecular complexity index is 136. The minimum Gasteiger partial charge on any atom is -0.353 e. The van der Waals surface area contributed by atoms with E-state index in [0.29, 0.717) is 13.0 Å². The van der Waals surface area contributed by atoms with Crippen molar-refractivity contribution in [2.75, 3.05) is 27.2 Å². The maximum absolute atomic E-state index is 11.1. The average Bonchev–Trinajstić information content (AvgIpc) is 2.02. The van der Waals surface area contributed by atoms with Crippen molar-refractivity contribution < 1.29 is 4.79 Å². The standard InChI is InChI=1S/C8H19N3O/c1-4-7(9)8(12)10-5-6-11(2)3/h7H,4-6,9H2,1-3H3,(H,10,12)/t7-/m0/s1. The Kier molecular flexibility index (Phi) is 5.66. The van der Waals surface area contributed by atoms with Crippen LogP contribution in [0.15, 0.2) is 0 Å². The molecule has 0 saturated carbocycles. The molecule has 12 heavy (non-hydrogen) atoms. The zero-order valence-electron chi connectivity index (χ0n) is 8.13. The summed E-state index contributed by atoms with van der Waals surface area (Å²) in [6.45, 7) is 3.41. The highest BCUT2D eigenvalue weighted by Crippen LogP contribution is 1.84. The summed E-state index contributed by atoms with van der Waals surface area (Å²) in [7, 11) is 3.93. The van der Waals surface area contributed by atoms with E-state index in [1.54, 1.807) is 0 Å². The Labute approximate surface area is 74.1 Å². The smallest absolute Gasteiger partial charge is 0.236 e. The van der Waals surface area contributed by atoms with Crippen LogP contribution in [0.1, 0.15) is 13.3 Å². The normalized spacial score (nSPS) is 13.1. The second-order valence-corrected chi connectivity index (χ2v) is 3.11. The van der Waals surface area contributed by atoms with E-state index in [1.165, 1.54) is 0 Å². The van der Waals surface area contributed by atoms with Crippen LogP contribution in [0.25, 0.3) is 0 Å². The maximum atomic E-state index is 11.1. The highest BCUT2D eigenvalue weighted by molar-refractivity contribution is 5.81. The lowest BCUT2D eigenvalue weighted by Crippen LogP contribution is -2.42. The zero-order valence-corrected chi connectivity index (χ0v) is 8.13. The van der Waals surface area contributed by atoms with Gasteiger partial charge in [0.2, 0.25) is 5.91 Å². The molecule has 0 fully saturated rings. The molecule has 0 rings (SSSR count). The molecule has 0 aromatic carbocycles. The zero-order chi connectivity index (χ0) is 9.56. The van der Waals surface area contributed by atoms with Crippen LogP contribution >= 0.6 is 0 Å². The molecule has 0 unspecified atom stereocenters. The lowest BCUT2D eigenvalue weighted by atomic mass is 10.2. The molecule has 0 bridgehead atoms. The summed E-state index contributed by atoms with van der Waals surface area (Å²) in [6, 6.07) is -0.354. The van der Waals surface area contributed by atoms with Gasteiger partial charge in [0.15, 0.2) is 0 Å². The van der Waals surface area contributed by atoms with Crippen molar-refractivity contribution in [3.63, 3.8) is 0 Å². The number of carbonyl (C=O) groups excluding carboxylic acids is 1. The SMILES string of the molecule is CC[C@H](N)C(=O)NCCN(C)C. The molecular formula is C8H19N3O. The van der Waals surface area contributed by atoms with Gasteiger partial charge in [-0.3, -0.25) is 4.79 Å². The molecule has 0 aromatic heterocycles. The molecule has 1 atom stereocenters. The van der Waals surface area contributed by atoms with Crippen LogP contribution in [-0.2, 0) is 4.79 Å². The summed E-state index contributed by atoms with van der Waals surface area (Å²) in [6.07, 6.45) is 0.688. The van der Waals surface area contributed by atoms with Crippen molar-refractivity contribution in [1.29, 1.82) is 0 Å². The molecule has 3 N–H and O–H groups in total. The largest absolute Gasteiger partial charge is 0.353 e. The summed E-state index contributed by atoms with van der Waals surface area (Å²) >= 11 is 0. The molecule has 0 aromatic rings. The van der Waals surface area contributed by atoms with E-state index in [4.69, 9.17) is 5.73 Å². The molecule has 4 nitrogen and oxygen atoms in total. The second-order valence-electron chi connectivity index (χ2n) is 3.11. The molecule has 1 amide bonds. The molecule has 72 valence electrons. The third kappa shape index (κ3) is 5.09. The molecule has 0 aliphatic heterocycles. The van der Waals surface area contributed by atoms with E-state index >= 15 is 0 Å².